The third-order valence-corrected chi connectivity index (χ3v) is 3.18. The molecule has 0 bridgehead atoms. The van der Waals surface area contributed by atoms with Gasteiger partial charge in [0.25, 0.3) is 0 Å². The van der Waals surface area contributed by atoms with Crippen molar-refractivity contribution in [2.45, 2.75) is 31.4 Å². The molecule has 0 aromatic rings. The first-order chi connectivity index (χ1) is 7.18. The summed E-state index contributed by atoms with van der Waals surface area (Å²) in [6.45, 7) is 2.85. The lowest BCUT2D eigenvalue weighted by Crippen LogP contribution is -2.50. The van der Waals surface area contributed by atoms with Crippen molar-refractivity contribution in [3.63, 3.8) is 0 Å². The van der Waals surface area contributed by atoms with E-state index >= 15 is 0 Å². The molecule has 0 aliphatic carbocycles. The summed E-state index contributed by atoms with van der Waals surface area (Å²) >= 11 is 0. The Kier molecular flexibility index (Phi) is 3.26. The van der Waals surface area contributed by atoms with Crippen LogP contribution in [0.1, 0.15) is 19.3 Å². The van der Waals surface area contributed by atoms with Gasteiger partial charge in [-0.1, -0.05) is 6.42 Å². The molecule has 0 saturated carbocycles. The SMILES string of the molecule is CN(C)C(=O)[C@H]1CCCCN1C[C@@H]1CO1. The summed E-state index contributed by atoms with van der Waals surface area (Å²) in [6, 6.07) is 0.0953. The van der Waals surface area contributed by atoms with Gasteiger partial charge in [0.15, 0.2) is 0 Å². The quantitative estimate of drug-likeness (QED) is 0.632. The minimum atomic E-state index is 0.0953. The van der Waals surface area contributed by atoms with Crippen LogP contribution in [0.25, 0.3) is 0 Å². The maximum Gasteiger partial charge on any atom is 0.239 e. The zero-order valence-corrected chi connectivity index (χ0v) is 9.61. The summed E-state index contributed by atoms with van der Waals surface area (Å²) in [4.78, 5) is 16.0. The predicted octanol–water partition coefficient (Wildman–Crippen LogP) is 0.328. The van der Waals surface area contributed by atoms with Crippen LogP contribution in [0.2, 0.25) is 0 Å². The molecule has 0 aromatic carbocycles. The highest BCUT2D eigenvalue weighted by Crippen LogP contribution is 2.21. The first-order valence-corrected chi connectivity index (χ1v) is 5.75. The third-order valence-electron chi connectivity index (χ3n) is 3.18. The van der Waals surface area contributed by atoms with Crippen LogP contribution in [-0.4, -0.2) is 61.6 Å². The van der Waals surface area contributed by atoms with Gasteiger partial charge in [-0.25, -0.2) is 0 Å². The zero-order chi connectivity index (χ0) is 10.8. The second-order valence-electron chi connectivity index (χ2n) is 4.69. The largest absolute Gasteiger partial charge is 0.372 e. The summed E-state index contributed by atoms with van der Waals surface area (Å²) < 4.78 is 5.23. The van der Waals surface area contributed by atoms with Crippen LogP contribution in [0, 0.1) is 0 Å². The van der Waals surface area contributed by atoms with Gasteiger partial charge in [-0.2, -0.15) is 0 Å². The van der Waals surface area contributed by atoms with E-state index < -0.39 is 0 Å². The smallest absolute Gasteiger partial charge is 0.239 e. The second-order valence-corrected chi connectivity index (χ2v) is 4.69. The van der Waals surface area contributed by atoms with Gasteiger partial charge in [-0.3, -0.25) is 9.69 Å². The zero-order valence-electron chi connectivity index (χ0n) is 9.61. The van der Waals surface area contributed by atoms with E-state index in [0.717, 1.165) is 26.1 Å². The predicted molar refractivity (Wildman–Crippen MR) is 57.6 cm³/mol. The molecule has 15 heavy (non-hydrogen) atoms. The molecule has 0 unspecified atom stereocenters. The van der Waals surface area contributed by atoms with Crippen molar-refractivity contribution in [1.29, 1.82) is 0 Å². The number of hydrogen-bond acceptors (Lipinski definition) is 3. The van der Waals surface area contributed by atoms with Crippen molar-refractivity contribution in [3.05, 3.63) is 0 Å². The summed E-state index contributed by atoms with van der Waals surface area (Å²) in [5.74, 6) is 0.246. The Morgan fingerprint density at radius 2 is 2.20 bits per heavy atom. The molecule has 0 N–H and O–H groups in total. The standard InChI is InChI=1S/C11H20N2O2/c1-12(2)11(14)10-5-3-4-6-13(10)7-9-8-15-9/h9-10H,3-8H2,1-2H3/t9-,10-/m1/s1. The van der Waals surface area contributed by atoms with E-state index in [1.165, 1.54) is 12.8 Å². The number of epoxide rings is 1. The molecule has 1 amide bonds. The number of likely N-dealkylation sites (N-methyl/N-ethyl adjacent to an activating group) is 1. The number of carbonyl (C=O) groups excluding carboxylic acids is 1. The van der Waals surface area contributed by atoms with Gasteiger partial charge in [0.05, 0.1) is 18.8 Å². The molecule has 4 heteroatoms. The maximum atomic E-state index is 12.0. The Labute approximate surface area is 91.2 Å². The molecule has 2 rings (SSSR count). The van der Waals surface area contributed by atoms with Gasteiger partial charge in [0, 0.05) is 20.6 Å². The van der Waals surface area contributed by atoms with Crippen molar-refractivity contribution < 1.29 is 9.53 Å². The molecule has 2 atom stereocenters. The van der Waals surface area contributed by atoms with E-state index in [2.05, 4.69) is 4.90 Å². The van der Waals surface area contributed by atoms with Gasteiger partial charge in [0.1, 0.15) is 0 Å². The van der Waals surface area contributed by atoms with E-state index in [4.69, 9.17) is 4.74 Å². The molecule has 2 aliphatic heterocycles. The van der Waals surface area contributed by atoms with E-state index in [1.54, 1.807) is 4.90 Å². The molecule has 2 aliphatic rings. The fraction of sp³-hybridized carbons (Fsp3) is 0.909. The van der Waals surface area contributed by atoms with Crippen molar-refractivity contribution in [2.75, 3.05) is 33.8 Å². The van der Waals surface area contributed by atoms with Gasteiger partial charge < -0.3 is 9.64 Å². The van der Waals surface area contributed by atoms with E-state index in [9.17, 15) is 4.79 Å². The Balaban J connectivity index is 1.94. The summed E-state index contributed by atoms with van der Waals surface area (Å²) in [6.07, 6.45) is 3.78. The number of nitrogens with zero attached hydrogens (tertiary/aromatic N) is 2. The molecule has 2 heterocycles. The minimum absolute atomic E-state index is 0.0953. The van der Waals surface area contributed by atoms with E-state index in [1.807, 2.05) is 14.1 Å². The second kappa shape index (κ2) is 4.49. The monoisotopic (exact) mass is 212 g/mol. The van der Waals surface area contributed by atoms with Crippen molar-refractivity contribution in [2.24, 2.45) is 0 Å². The number of piperidine rings is 1. The molecule has 2 fully saturated rings. The summed E-state index contributed by atoms with van der Waals surface area (Å²) in [5, 5.41) is 0. The first kappa shape index (κ1) is 10.9. The highest BCUT2D eigenvalue weighted by atomic mass is 16.6. The highest BCUT2D eigenvalue weighted by molar-refractivity contribution is 5.81. The molecule has 0 radical (unpaired) electrons. The van der Waals surface area contributed by atoms with E-state index in [-0.39, 0.29) is 11.9 Å². The Morgan fingerprint density at radius 3 is 2.80 bits per heavy atom. The lowest BCUT2D eigenvalue weighted by atomic mass is 10.0. The molecule has 2 saturated heterocycles. The fourth-order valence-electron chi connectivity index (χ4n) is 2.22. The van der Waals surface area contributed by atoms with Crippen LogP contribution in [0.4, 0.5) is 0 Å². The number of hydrogen-bond donors (Lipinski definition) is 0. The molecular formula is C11H20N2O2. The molecular weight excluding hydrogens is 192 g/mol. The lowest BCUT2D eigenvalue weighted by Gasteiger charge is -2.35. The van der Waals surface area contributed by atoms with Gasteiger partial charge in [-0.15, -0.1) is 0 Å². The van der Waals surface area contributed by atoms with Gasteiger partial charge >= 0.3 is 0 Å². The van der Waals surface area contributed by atoms with Gasteiger partial charge in [-0.05, 0) is 19.4 Å². The third kappa shape index (κ3) is 2.69. The number of amides is 1. The van der Waals surface area contributed by atoms with Crippen LogP contribution in [0.5, 0.6) is 0 Å². The maximum absolute atomic E-state index is 12.0. The fourth-order valence-corrected chi connectivity index (χ4v) is 2.22. The average Bonchev–Trinajstić information content (AvgIpc) is 3.01. The van der Waals surface area contributed by atoms with Crippen molar-refractivity contribution >= 4 is 5.91 Å². The van der Waals surface area contributed by atoms with Crippen molar-refractivity contribution in [3.8, 4) is 0 Å². The molecule has 4 nitrogen and oxygen atoms in total. The Morgan fingerprint density at radius 1 is 1.47 bits per heavy atom. The van der Waals surface area contributed by atoms with Crippen molar-refractivity contribution in [1.82, 2.24) is 9.80 Å². The van der Waals surface area contributed by atoms with Crippen LogP contribution in [-0.2, 0) is 9.53 Å². The minimum Gasteiger partial charge on any atom is -0.372 e. The number of ether oxygens (including phenoxy) is 1. The molecule has 0 spiro atoms. The topological polar surface area (TPSA) is 36.1 Å². The number of likely N-dealkylation sites (tertiary alicyclic amines) is 1. The number of carbonyl (C=O) groups is 1. The Hall–Kier alpha value is -0.610. The first-order valence-electron chi connectivity index (χ1n) is 5.75. The normalized spacial score (nSPS) is 31.3. The molecule has 86 valence electrons. The summed E-state index contributed by atoms with van der Waals surface area (Å²) in [5.41, 5.74) is 0. The van der Waals surface area contributed by atoms with Crippen LogP contribution in [0.15, 0.2) is 0 Å². The van der Waals surface area contributed by atoms with Crippen LogP contribution < -0.4 is 0 Å². The van der Waals surface area contributed by atoms with E-state index in [0.29, 0.717) is 6.10 Å². The molecule has 0 aromatic heterocycles. The van der Waals surface area contributed by atoms with Gasteiger partial charge in [0.2, 0.25) is 5.91 Å². The lowest BCUT2D eigenvalue weighted by molar-refractivity contribution is -0.135. The highest BCUT2D eigenvalue weighted by Gasteiger charge is 2.34. The Bertz CT molecular complexity index is 239. The average molecular weight is 212 g/mol. The summed E-state index contributed by atoms with van der Waals surface area (Å²) in [7, 11) is 3.67. The number of rotatable bonds is 3. The van der Waals surface area contributed by atoms with Crippen LogP contribution in [0.3, 0.4) is 0 Å². The van der Waals surface area contributed by atoms with Crippen LogP contribution >= 0.6 is 0 Å².